The van der Waals surface area contributed by atoms with Crippen molar-refractivity contribution >= 4 is 58.0 Å². The van der Waals surface area contributed by atoms with Gasteiger partial charge in [0, 0.05) is 17.6 Å². The smallest absolute Gasteiger partial charge is 0.272 e. The van der Waals surface area contributed by atoms with Crippen LogP contribution in [0.1, 0.15) is 13.8 Å². The van der Waals surface area contributed by atoms with Crippen LogP contribution in [0.15, 0.2) is 29.6 Å². The molecule has 1 heterocycles. The van der Waals surface area contributed by atoms with Gasteiger partial charge in [0.2, 0.25) is 5.44 Å². The normalized spacial score (nSPS) is 13.0. The van der Waals surface area contributed by atoms with Gasteiger partial charge in [-0.25, -0.2) is 0 Å². The molecule has 0 aliphatic rings. The van der Waals surface area contributed by atoms with Crippen LogP contribution >= 0.6 is 35.0 Å². The zero-order valence-electron chi connectivity index (χ0n) is 14.7. The first kappa shape index (κ1) is 20.6. The van der Waals surface area contributed by atoms with Gasteiger partial charge >= 0.3 is 0 Å². The Balaban J connectivity index is 2.20. The van der Waals surface area contributed by atoms with Gasteiger partial charge < -0.3 is 14.9 Å². The number of thioether (sulfide) groups is 1. The molecular weight excluding hydrogens is 397 g/mol. The van der Waals surface area contributed by atoms with E-state index >= 15 is 0 Å². The molecule has 1 atom stereocenters. The Kier molecular flexibility index (Phi) is 6.97. The molecule has 0 saturated carbocycles. The van der Waals surface area contributed by atoms with Gasteiger partial charge in [0.05, 0.1) is 27.3 Å². The third-order valence-electron chi connectivity index (χ3n) is 3.27. The Bertz CT molecular complexity index is 830. The molecule has 6 nitrogen and oxygen atoms in total. The van der Waals surface area contributed by atoms with Crippen molar-refractivity contribution in [2.45, 2.75) is 24.8 Å². The second-order valence-corrected chi connectivity index (χ2v) is 7.69. The highest BCUT2D eigenvalue weighted by Crippen LogP contribution is 2.30. The molecule has 1 aromatic carbocycles. The lowest BCUT2D eigenvalue weighted by atomic mass is 10.1. The lowest BCUT2D eigenvalue weighted by molar-refractivity contribution is -0.125. The molecule has 0 fully saturated rings. The number of nitrogens with one attached hydrogen (secondary N) is 1. The number of halogens is 2. The van der Waals surface area contributed by atoms with E-state index in [1.807, 2.05) is 0 Å². The van der Waals surface area contributed by atoms with Gasteiger partial charge in [0.15, 0.2) is 0 Å². The van der Waals surface area contributed by atoms with E-state index in [4.69, 9.17) is 27.9 Å². The van der Waals surface area contributed by atoms with Crippen LogP contribution in [0.5, 0.6) is 5.75 Å². The number of rotatable bonds is 7. The number of nitrogens with zero attached hydrogens (tertiary/aromatic N) is 2. The fourth-order valence-electron chi connectivity index (χ4n) is 2.15. The average Bonchev–Trinajstić information content (AvgIpc) is 2.57. The van der Waals surface area contributed by atoms with Crippen molar-refractivity contribution in [3.63, 3.8) is 0 Å². The van der Waals surface area contributed by atoms with Crippen molar-refractivity contribution in [3.8, 4) is 5.75 Å². The molecule has 1 aromatic heterocycles. The van der Waals surface area contributed by atoms with Gasteiger partial charge in [0.1, 0.15) is 12.9 Å². The molecule has 26 heavy (non-hydrogen) atoms. The summed E-state index contributed by atoms with van der Waals surface area (Å²) in [5.74, 6) is 0.148. The van der Waals surface area contributed by atoms with Gasteiger partial charge in [-0.05, 0) is 32.2 Å². The molecule has 1 unspecified atom stereocenters. The van der Waals surface area contributed by atoms with Gasteiger partial charge in [0.25, 0.3) is 5.91 Å². The number of amides is 1. The molecule has 1 amide bonds. The van der Waals surface area contributed by atoms with Gasteiger partial charge in [-0.3, -0.25) is 9.78 Å². The molecule has 0 bridgehead atoms. The first-order chi connectivity index (χ1) is 12.3. The Morgan fingerprint density at radius 2 is 2.12 bits per heavy atom. The van der Waals surface area contributed by atoms with E-state index in [1.54, 1.807) is 38.3 Å². The average molecular weight is 416 g/mol. The SMILES string of the molecule is CO/N=C/C(C)(C)NC(=O)C(Oc1cc(Cl)c2ncc(Cl)cc2c1)SC. The van der Waals surface area contributed by atoms with Crippen molar-refractivity contribution in [2.75, 3.05) is 13.4 Å². The Morgan fingerprint density at radius 3 is 2.77 bits per heavy atom. The highest BCUT2D eigenvalue weighted by Gasteiger charge is 2.26. The van der Waals surface area contributed by atoms with E-state index in [0.29, 0.717) is 21.3 Å². The van der Waals surface area contributed by atoms with E-state index in [1.165, 1.54) is 31.3 Å². The predicted octanol–water partition coefficient (Wildman–Crippen LogP) is 4.14. The molecule has 0 spiro atoms. The summed E-state index contributed by atoms with van der Waals surface area (Å²) in [4.78, 5) is 21.4. The van der Waals surface area contributed by atoms with Crippen LogP contribution in [0, 0.1) is 0 Å². The monoisotopic (exact) mass is 415 g/mol. The fourth-order valence-corrected chi connectivity index (χ4v) is 3.06. The molecule has 0 aliphatic carbocycles. The highest BCUT2D eigenvalue weighted by molar-refractivity contribution is 7.99. The van der Waals surface area contributed by atoms with Crippen LogP contribution in [-0.2, 0) is 9.63 Å². The number of hydrogen-bond donors (Lipinski definition) is 1. The van der Waals surface area contributed by atoms with Crippen molar-refractivity contribution in [2.24, 2.45) is 5.16 Å². The molecule has 0 radical (unpaired) electrons. The zero-order chi connectivity index (χ0) is 19.3. The lowest BCUT2D eigenvalue weighted by Crippen LogP contribution is -2.49. The number of oxime groups is 1. The summed E-state index contributed by atoms with van der Waals surface area (Å²) in [5, 5.41) is 8.18. The van der Waals surface area contributed by atoms with Gasteiger partial charge in [-0.2, -0.15) is 0 Å². The van der Waals surface area contributed by atoms with E-state index in [-0.39, 0.29) is 5.91 Å². The lowest BCUT2D eigenvalue weighted by Gasteiger charge is -2.24. The summed E-state index contributed by atoms with van der Waals surface area (Å²) >= 11 is 13.5. The Labute approximate surface area is 166 Å². The van der Waals surface area contributed by atoms with E-state index < -0.39 is 11.0 Å². The topological polar surface area (TPSA) is 72.8 Å². The largest absolute Gasteiger partial charge is 0.470 e. The second kappa shape index (κ2) is 8.79. The summed E-state index contributed by atoms with van der Waals surface area (Å²) in [6.45, 7) is 3.59. The molecule has 1 N–H and O–H groups in total. The number of carbonyl (C=O) groups excluding carboxylic acids is 1. The molecule has 9 heteroatoms. The van der Waals surface area contributed by atoms with E-state index in [2.05, 4.69) is 20.3 Å². The maximum atomic E-state index is 12.5. The highest BCUT2D eigenvalue weighted by atomic mass is 35.5. The quantitative estimate of drug-likeness (QED) is 0.417. The first-order valence-electron chi connectivity index (χ1n) is 7.59. The molecule has 0 saturated heterocycles. The van der Waals surface area contributed by atoms with Crippen molar-refractivity contribution < 1.29 is 14.4 Å². The second-order valence-electron chi connectivity index (χ2n) is 5.94. The van der Waals surface area contributed by atoms with Crippen molar-refractivity contribution in [3.05, 3.63) is 34.4 Å². The predicted molar refractivity (Wildman–Crippen MR) is 107 cm³/mol. The maximum Gasteiger partial charge on any atom is 0.272 e. The van der Waals surface area contributed by atoms with E-state index in [9.17, 15) is 4.79 Å². The third-order valence-corrected chi connectivity index (χ3v) is 4.51. The molecule has 0 aliphatic heterocycles. The fraction of sp³-hybridized carbons (Fsp3) is 0.353. The summed E-state index contributed by atoms with van der Waals surface area (Å²) in [7, 11) is 1.44. The minimum absolute atomic E-state index is 0.300. The number of aromatic nitrogens is 1. The number of carbonyl (C=O) groups is 1. The van der Waals surface area contributed by atoms with Crippen molar-refractivity contribution in [1.29, 1.82) is 0 Å². The van der Waals surface area contributed by atoms with Crippen LogP contribution in [0.4, 0.5) is 0 Å². The Hall–Kier alpha value is -1.70. The number of ether oxygens (including phenoxy) is 1. The number of pyridine rings is 1. The van der Waals surface area contributed by atoms with E-state index in [0.717, 1.165) is 5.39 Å². The van der Waals surface area contributed by atoms with Gasteiger partial charge in [-0.15, -0.1) is 11.8 Å². The molecule has 2 rings (SSSR count). The zero-order valence-corrected chi connectivity index (χ0v) is 17.1. The molecule has 2 aromatic rings. The molecule has 140 valence electrons. The first-order valence-corrected chi connectivity index (χ1v) is 9.64. The van der Waals surface area contributed by atoms with Crippen LogP contribution in [0.2, 0.25) is 10.0 Å². The van der Waals surface area contributed by atoms with Crippen LogP contribution in [-0.4, -0.2) is 41.4 Å². The minimum Gasteiger partial charge on any atom is -0.470 e. The number of benzene rings is 1. The standard InChI is InChI=1S/C17H19Cl2N3O3S/c1-17(2,9-21-24-3)22-15(23)16(26-4)25-12-6-10-5-11(18)8-20-14(10)13(19)7-12/h5-9,16H,1-4H3,(H,22,23)/b21-9+. The third kappa shape index (κ3) is 5.40. The van der Waals surface area contributed by atoms with Crippen LogP contribution < -0.4 is 10.1 Å². The summed E-state index contributed by atoms with van der Waals surface area (Å²) in [6.07, 6.45) is 4.81. The van der Waals surface area contributed by atoms with Crippen LogP contribution in [0.3, 0.4) is 0 Å². The summed E-state index contributed by atoms with van der Waals surface area (Å²) in [6, 6.07) is 5.11. The van der Waals surface area contributed by atoms with Crippen LogP contribution in [0.25, 0.3) is 10.9 Å². The summed E-state index contributed by atoms with van der Waals surface area (Å²) < 4.78 is 5.82. The maximum absolute atomic E-state index is 12.5. The minimum atomic E-state index is -0.772. The van der Waals surface area contributed by atoms with Crippen molar-refractivity contribution in [1.82, 2.24) is 10.3 Å². The molecular formula is C17H19Cl2N3O3S. The Morgan fingerprint density at radius 1 is 1.38 bits per heavy atom. The number of hydrogen-bond acceptors (Lipinski definition) is 6. The summed E-state index contributed by atoms with van der Waals surface area (Å²) in [5.41, 5.74) is -0.848. The number of fused-ring (bicyclic) bond motifs is 1. The van der Waals surface area contributed by atoms with Gasteiger partial charge in [-0.1, -0.05) is 28.4 Å².